The zero-order chi connectivity index (χ0) is 13.1. The van der Waals surface area contributed by atoms with E-state index in [-0.39, 0.29) is 12.4 Å². The van der Waals surface area contributed by atoms with Crippen molar-refractivity contribution in [1.82, 2.24) is 5.16 Å². The predicted octanol–water partition coefficient (Wildman–Crippen LogP) is 2.75. The summed E-state index contributed by atoms with van der Waals surface area (Å²) in [5.74, 6) is 0.143. The first-order chi connectivity index (χ1) is 8.56. The van der Waals surface area contributed by atoms with Crippen LogP contribution in [0.2, 0.25) is 0 Å². The summed E-state index contributed by atoms with van der Waals surface area (Å²) >= 11 is 0. The Labute approximate surface area is 104 Å². The summed E-state index contributed by atoms with van der Waals surface area (Å²) < 4.78 is 23.9. The fourth-order valence-electron chi connectivity index (χ4n) is 1.53. The van der Waals surface area contributed by atoms with Crippen LogP contribution in [-0.2, 0) is 6.61 Å². The summed E-state index contributed by atoms with van der Waals surface area (Å²) in [5, 5.41) is 13.0. The van der Waals surface area contributed by atoms with E-state index < -0.39 is 11.9 Å². The van der Waals surface area contributed by atoms with E-state index in [0.29, 0.717) is 11.3 Å². The van der Waals surface area contributed by atoms with E-state index in [9.17, 15) is 9.50 Å². The molecule has 96 valence electrons. The number of aliphatic hydroxyl groups is 1. The maximum Gasteiger partial charge on any atom is 0.174 e. The van der Waals surface area contributed by atoms with Crippen LogP contribution in [0.25, 0.3) is 0 Å². The maximum atomic E-state index is 13.6. The number of aliphatic hydroxyl groups excluding tert-OH is 1. The van der Waals surface area contributed by atoms with Gasteiger partial charge in [0.2, 0.25) is 0 Å². The Balaban J connectivity index is 2.05. The lowest BCUT2D eigenvalue weighted by molar-refractivity contribution is 0.198. The summed E-state index contributed by atoms with van der Waals surface area (Å²) in [4.78, 5) is 0. The van der Waals surface area contributed by atoms with Gasteiger partial charge in [-0.25, -0.2) is 4.39 Å². The highest BCUT2D eigenvalue weighted by Gasteiger charge is 2.09. The Hall–Kier alpha value is -1.88. The van der Waals surface area contributed by atoms with Gasteiger partial charge in [-0.3, -0.25) is 0 Å². The molecule has 0 unspecified atom stereocenters. The lowest BCUT2D eigenvalue weighted by atomic mass is 10.1. The predicted molar refractivity (Wildman–Crippen MR) is 62.6 cm³/mol. The van der Waals surface area contributed by atoms with Gasteiger partial charge in [-0.15, -0.1) is 0 Å². The third-order valence-electron chi connectivity index (χ3n) is 2.49. The molecular formula is C13H14FNO3. The third-order valence-corrected chi connectivity index (χ3v) is 2.49. The van der Waals surface area contributed by atoms with Crippen LogP contribution in [0.15, 0.2) is 28.8 Å². The first-order valence-electron chi connectivity index (χ1n) is 5.59. The molecule has 0 bridgehead atoms. The Morgan fingerprint density at radius 2 is 2.22 bits per heavy atom. The molecule has 0 aliphatic heterocycles. The number of rotatable bonds is 4. The topological polar surface area (TPSA) is 55.5 Å². The lowest BCUT2D eigenvalue weighted by Gasteiger charge is -2.08. The fourth-order valence-corrected chi connectivity index (χ4v) is 1.53. The molecule has 4 nitrogen and oxygen atoms in total. The van der Waals surface area contributed by atoms with Crippen molar-refractivity contribution < 1.29 is 18.8 Å². The SMILES string of the molecule is Cc1cc(COc2ccc([C@@H](C)O)cc2F)on1. The second-order valence-corrected chi connectivity index (χ2v) is 4.09. The van der Waals surface area contributed by atoms with Crippen LogP contribution >= 0.6 is 0 Å². The number of aromatic nitrogens is 1. The largest absolute Gasteiger partial charge is 0.482 e. The molecule has 0 amide bonds. The van der Waals surface area contributed by atoms with Gasteiger partial charge in [0, 0.05) is 6.07 Å². The van der Waals surface area contributed by atoms with Gasteiger partial charge in [-0.2, -0.15) is 0 Å². The summed E-state index contributed by atoms with van der Waals surface area (Å²) in [5.41, 5.74) is 1.26. The molecule has 0 fully saturated rings. The normalized spacial score (nSPS) is 12.4. The number of ether oxygens (including phenoxy) is 1. The highest BCUT2D eigenvalue weighted by Crippen LogP contribution is 2.22. The van der Waals surface area contributed by atoms with E-state index in [1.54, 1.807) is 26.0 Å². The second-order valence-electron chi connectivity index (χ2n) is 4.09. The van der Waals surface area contributed by atoms with Crippen molar-refractivity contribution in [3.05, 3.63) is 47.1 Å². The van der Waals surface area contributed by atoms with Gasteiger partial charge in [0.15, 0.2) is 17.3 Å². The summed E-state index contributed by atoms with van der Waals surface area (Å²) in [7, 11) is 0. The molecule has 1 atom stereocenters. The summed E-state index contributed by atoms with van der Waals surface area (Å²) in [6, 6.07) is 6.09. The molecule has 2 rings (SSSR count). The van der Waals surface area contributed by atoms with Crippen molar-refractivity contribution in [1.29, 1.82) is 0 Å². The fraction of sp³-hybridized carbons (Fsp3) is 0.308. The Morgan fingerprint density at radius 3 is 2.78 bits per heavy atom. The maximum absolute atomic E-state index is 13.6. The number of hydrogen-bond acceptors (Lipinski definition) is 4. The molecule has 2 aromatic rings. The van der Waals surface area contributed by atoms with Gasteiger partial charge in [0.1, 0.15) is 6.61 Å². The summed E-state index contributed by atoms with van der Waals surface area (Å²) in [6.45, 7) is 3.49. The van der Waals surface area contributed by atoms with Crippen molar-refractivity contribution in [2.24, 2.45) is 0 Å². The van der Waals surface area contributed by atoms with Crippen LogP contribution in [0.5, 0.6) is 5.75 Å². The van der Waals surface area contributed by atoms with Crippen molar-refractivity contribution in [3.63, 3.8) is 0 Å². The lowest BCUT2D eigenvalue weighted by Crippen LogP contribution is -1.98. The standard InChI is InChI=1S/C13H14FNO3/c1-8-5-11(18-15-8)7-17-13-4-3-10(9(2)16)6-12(13)14/h3-6,9,16H,7H2,1-2H3/t9-/m1/s1. The Kier molecular flexibility index (Phi) is 3.62. The van der Waals surface area contributed by atoms with Crippen LogP contribution in [0.1, 0.15) is 30.0 Å². The van der Waals surface area contributed by atoms with Crippen LogP contribution in [0, 0.1) is 12.7 Å². The Bertz CT molecular complexity index is 537. The molecule has 5 heteroatoms. The van der Waals surface area contributed by atoms with Crippen LogP contribution in [0.4, 0.5) is 4.39 Å². The van der Waals surface area contributed by atoms with Gasteiger partial charge in [-0.05, 0) is 31.5 Å². The smallest absolute Gasteiger partial charge is 0.174 e. The molecule has 1 aromatic carbocycles. The van der Waals surface area contributed by atoms with E-state index in [0.717, 1.165) is 5.69 Å². The minimum atomic E-state index is -0.703. The number of hydrogen-bond donors (Lipinski definition) is 1. The van der Waals surface area contributed by atoms with E-state index in [1.165, 1.54) is 12.1 Å². The quantitative estimate of drug-likeness (QED) is 0.907. The van der Waals surface area contributed by atoms with Gasteiger partial charge in [0.25, 0.3) is 0 Å². The van der Waals surface area contributed by atoms with Crippen molar-refractivity contribution >= 4 is 0 Å². The molecular weight excluding hydrogens is 237 g/mol. The van der Waals surface area contributed by atoms with Crippen molar-refractivity contribution in [2.75, 3.05) is 0 Å². The number of halogens is 1. The minimum Gasteiger partial charge on any atom is -0.482 e. The van der Waals surface area contributed by atoms with E-state index in [4.69, 9.17) is 9.26 Å². The van der Waals surface area contributed by atoms with Crippen molar-refractivity contribution in [3.8, 4) is 5.75 Å². The molecule has 0 radical (unpaired) electrons. The first kappa shape index (κ1) is 12.6. The monoisotopic (exact) mass is 251 g/mol. The van der Waals surface area contributed by atoms with Gasteiger partial charge >= 0.3 is 0 Å². The number of aryl methyl sites for hydroxylation is 1. The molecule has 18 heavy (non-hydrogen) atoms. The number of benzene rings is 1. The van der Waals surface area contributed by atoms with Crippen LogP contribution in [-0.4, -0.2) is 10.3 Å². The zero-order valence-corrected chi connectivity index (χ0v) is 10.2. The molecule has 1 aromatic heterocycles. The molecule has 0 aliphatic carbocycles. The van der Waals surface area contributed by atoms with Gasteiger partial charge < -0.3 is 14.4 Å². The minimum absolute atomic E-state index is 0.117. The average molecular weight is 251 g/mol. The highest BCUT2D eigenvalue weighted by molar-refractivity contribution is 5.30. The van der Waals surface area contributed by atoms with E-state index in [2.05, 4.69) is 5.16 Å². The summed E-state index contributed by atoms with van der Waals surface area (Å²) in [6.07, 6.45) is -0.703. The molecule has 1 N–H and O–H groups in total. The molecule has 0 spiro atoms. The Morgan fingerprint density at radius 1 is 1.44 bits per heavy atom. The molecule has 0 aliphatic rings. The van der Waals surface area contributed by atoms with Crippen molar-refractivity contribution in [2.45, 2.75) is 26.6 Å². The van der Waals surface area contributed by atoms with E-state index >= 15 is 0 Å². The highest BCUT2D eigenvalue weighted by atomic mass is 19.1. The van der Waals surface area contributed by atoms with Crippen LogP contribution < -0.4 is 4.74 Å². The van der Waals surface area contributed by atoms with Gasteiger partial charge in [-0.1, -0.05) is 11.2 Å². The molecule has 1 heterocycles. The zero-order valence-electron chi connectivity index (χ0n) is 10.2. The van der Waals surface area contributed by atoms with Gasteiger partial charge in [0.05, 0.1) is 11.8 Å². The van der Waals surface area contributed by atoms with Crippen LogP contribution in [0.3, 0.4) is 0 Å². The number of nitrogens with zero attached hydrogens (tertiary/aromatic N) is 1. The van der Waals surface area contributed by atoms with E-state index in [1.807, 2.05) is 0 Å². The first-order valence-corrected chi connectivity index (χ1v) is 5.59. The third kappa shape index (κ3) is 2.87. The average Bonchev–Trinajstić information content (AvgIpc) is 2.73. The second kappa shape index (κ2) is 5.18. The molecule has 0 saturated heterocycles. The molecule has 0 saturated carbocycles.